The maximum Gasteiger partial charge on any atom is 0.159 e. The van der Waals surface area contributed by atoms with Crippen LogP contribution in [0.25, 0.3) is 0 Å². The standard InChI is InChI=1S/C17H18ClN3O2/c1-13(22)14-2-4-15(5-3-14)21(16-6-8-19-9-7-16)20-10-11-23-17(18)12-20/h2-9,17H,10-12H2,1H3. The van der Waals surface area contributed by atoms with Gasteiger partial charge in [0.15, 0.2) is 5.78 Å². The molecular weight excluding hydrogens is 314 g/mol. The number of benzene rings is 1. The summed E-state index contributed by atoms with van der Waals surface area (Å²) in [7, 11) is 0. The van der Waals surface area contributed by atoms with Crippen molar-refractivity contribution in [2.24, 2.45) is 0 Å². The first-order valence-corrected chi connectivity index (χ1v) is 7.90. The molecule has 3 rings (SSSR count). The lowest BCUT2D eigenvalue weighted by atomic mass is 10.1. The summed E-state index contributed by atoms with van der Waals surface area (Å²) in [5, 5.41) is 4.22. The molecule has 1 unspecified atom stereocenters. The number of ketones is 1. The molecule has 0 aliphatic carbocycles. The number of carbonyl (C=O) groups excluding carboxylic acids is 1. The van der Waals surface area contributed by atoms with E-state index in [4.69, 9.17) is 16.3 Å². The van der Waals surface area contributed by atoms with Gasteiger partial charge in [0.25, 0.3) is 0 Å². The Bertz CT molecular complexity index is 663. The highest BCUT2D eigenvalue weighted by Crippen LogP contribution is 2.29. The molecule has 2 aromatic rings. The van der Waals surface area contributed by atoms with E-state index < -0.39 is 0 Å². The summed E-state index contributed by atoms with van der Waals surface area (Å²) in [5.74, 6) is 0.0548. The van der Waals surface area contributed by atoms with E-state index in [0.29, 0.717) is 18.7 Å². The highest BCUT2D eigenvalue weighted by molar-refractivity contribution is 6.19. The fourth-order valence-corrected chi connectivity index (χ4v) is 2.82. The number of nitrogens with zero attached hydrogens (tertiary/aromatic N) is 3. The fourth-order valence-electron chi connectivity index (χ4n) is 2.58. The SMILES string of the molecule is CC(=O)c1ccc(N(c2ccncc2)N2CCOC(Cl)C2)cc1. The molecule has 5 nitrogen and oxygen atoms in total. The highest BCUT2D eigenvalue weighted by Gasteiger charge is 2.25. The largest absolute Gasteiger partial charge is 0.360 e. The van der Waals surface area contributed by atoms with Gasteiger partial charge in [-0.05, 0) is 43.3 Å². The summed E-state index contributed by atoms with van der Waals surface area (Å²) in [6.45, 7) is 3.45. The molecule has 120 valence electrons. The van der Waals surface area contributed by atoms with Gasteiger partial charge < -0.3 is 4.74 Å². The molecule has 1 aromatic heterocycles. The van der Waals surface area contributed by atoms with Crippen LogP contribution in [-0.4, -0.2) is 41.0 Å². The molecule has 6 heteroatoms. The van der Waals surface area contributed by atoms with E-state index in [9.17, 15) is 4.79 Å². The molecular formula is C17H18ClN3O2. The molecule has 0 amide bonds. The monoisotopic (exact) mass is 331 g/mol. The topological polar surface area (TPSA) is 45.7 Å². The number of alkyl halides is 1. The van der Waals surface area contributed by atoms with E-state index >= 15 is 0 Å². The number of halogens is 1. The number of carbonyl (C=O) groups is 1. The quantitative estimate of drug-likeness (QED) is 0.636. The number of pyridine rings is 1. The van der Waals surface area contributed by atoms with E-state index in [1.807, 2.05) is 36.4 Å². The van der Waals surface area contributed by atoms with Crippen molar-refractivity contribution in [3.05, 3.63) is 54.4 Å². The molecule has 1 fully saturated rings. The van der Waals surface area contributed by atoms with Crippen LogP contribution in [0.2, 0.25) is 0 Å². The summed E-state index contributed by atoms with van der Waals surface area (Å²) >= 11 is 6.15. The molecule has 0 saturated carbocycles. The molecule has 0 N–H and O–H groups in total. The van der Waals surface area contributed by atoms with Crippen molar-refractivity contribution < 1.29 is 9.53 Å². The molecule has 1 aliphatic rings. The summed E-state index contributed by atoms with van der Waals surface area (Å²) in [6.07, 6.45) is 3.51. The van der Waals surface area contributed by atoms with E-state index in [0.717, 1.165) is 17.9 Å². The minimum Gasteiger partial charge on any atom is -0.360 e. The van der Waals surface area contributed by atoms with Crippen molar-refractivity contribution in [2.75, 3.05) is 24.7 Å². The van der Waals surface area contributed by atoms with Crippen LogP contribution in [0.5, 0.6) is 0 Å². The van der Waals surface area contributed by atoms with Crippen LogP contribution >= 0.6 is 11.6 Å². The first kappa shape index (κ1) is 15.9. The predicted octanol–water partition coefficient (Wildman–Crippen LogP) is 3.23. The average Bonchev–Trinajstić information content (AvgIpc) is 2.57. The molecule has 23 heavy (non-hydrogen) atoms. The van der Waals surface area contributed by atoms with Crippen LogP contribution in [0.4, 0.5) is 11.4 Å². The van der Waals surface area contributed by atoms with Crippen LogP contribution in [-0.2, 0) is 4.74 Å². The second-order valence-corrected chi connectivity index (χ2v) is 5.80. The van der Waals surface area contributed by atoms with Crippen LogP contribution in [0.1, 0.15) is 17.3 Å². The number of hydrogen-bond donors (Lipinski definition) is 0. The van der Waals surface area contributed by atoms with E-state index in [1.54, 1.807) is 19.3 Å². The van der Waals surface area contributed by atoms with Crippen molar-refractivity contribution in [2.45, 2.75) is 12.5 Å². The zero-order valence-electron chi connectivity index (χ0n) is 12.9. The van der Waals surface area contributed by atoms with Gasteiger partial charge in [0.05, 0.1) is 24.5 Å². The second-order valence-electron chi connectivity index (χ2n) is 5.31. The van der Waals surface area contributed by atoms with Gasteiger partial charge in [-0.1, -0.05) is 11.6 Å². The Morgan fingerprint density at radius 2 is 1.87 bits per heavy atom. The van der Waals surface area contributed by atoms with Gasteiger partial charge in [0.1, 0.15) is 5.56 Å². The Morgan fingerprint density at radius 3 is 2.48 bits per heavy atom. The van der Waals surface area contributed by atoms with Crippen LogP contribution < -0.4 is 5.01 Å². The van der Waals surface area contributed by atoms with E-state index in [2.05, 4.69) is 15.0 Å². The smallest absolute Gasteiger partial charge is 0.159 e. The summed E-state index contributed by atoms with van der Waals surface area (Å²) in [6, 6.07) is 11.4. The maximum absolute atomic E-state index is 11.5. The van der Waals surface area contributed by atoms with Crippen molar-refractivity contribution in [3.8, 4) is 0 Å². The van der Waals surface area contributed by atoms with Crippen molar-refractivity contribution >= 4 is 28.8 Å². The molecule has 2 heterocycles. The molecule has 0 spiro atoms. The Labute approximate surface area is 140 Å². The normalized spacial score (nSPS) is 18.6. The third-order valence-corrected chi connectivity index (χ3v) is 3.97. The van der Waals surface area contributed by atoms with E-state index in [1.165, 1.54) is 0 Å². The number of anilines is 2. The zero-order valence-corrected chi connectivity index (χ0v) is 13.6. The second kappa shape index (κ2) is 7.08. The van der Waals surface area contributed by atoms with Gasteiger partial charge >= 0.3 is 0 Å². The van der Waals surface area contributed by atoms with Gasteiger partial charge in [-0.2, -0.15) is 0 Å². The maximum atomic E-state index is 11.5. The Hall–Kier alpha value is -1.95. The van der Waals surface area contributed by atoms with Gasteiger partial charge in [0, 0.05) is 24.5 Å². The summed E-state index contributed by atoms with van der Waals surface area (Å²) < 4.78 is 5.42. The summed E-state index contributed by atoms with van der Waals surface area (Å²) in [4.78, 5) is 15.6. The Kier molecular flexibility index (Phi) is 4.91. The fraction of sp³-hybridized carbons (Fsp3) is 0.294. The molecule has 1 aromatic carbocycles. The first-order valence-electron chi connectivity index (χ1n) is 7.47. The molecule has 1 atom stereocenters. The van der Waals surface area contributed by atoms with E-state index in [-0.39, 0.29) is 11.3 Å². The molecule has 0 bridgehead atoms. The van der Waals surface area contributed by atoms with Crippen LogP contribution in [0.3, 0.4) is 0 Å². The van der Waals surface area contributed by atoms with Crippen molar-refractivity contribution in [1.82, 2.24) is 9.99 Å². The number of hydrazine groups is 1. The summed E-state index contributed by atoms with van der Waals surface area (Å²) in [5.41, 5.74) is 2.30. The molecule has 0 radical (unpaired) electrons. The Balaban J connectivity index is 1.96. The number of aromatic nitrogens is 1. The van der Waals surface area contributed by atoms with Gasteiger partial charge in [-0.25, -0.2) is 5.01 Å². The number of Topliss-reactive ketones (excluding diaryl/α,β-unsaturated/α-hetero) is 1. The molecule has 1 saturated heterocycles. The van der Waals surface area contributed by atoms with Gasteiger partial charge in [-0.15, -0.1) is 0 Å². The number of morpholine rings is 1. The lowest BCUT2D eigenvalue weighted by Crippen LogP contribution is -2.48. The lowest BCUT2D eigenvalue weighted by molar-refractivity contribution is 0.0141. The Morgan fingerprint density at radius 1 is 1.22 bits per heavy atom. The van der Waals surface area contributed by atoms with Crippen molar-refractivity contribution in [3.63, 3.8) is 0 Å². The minimum atomic E-state index is -0.343. The average molecular weight is 332 g/mol. The predicted molar refractivity (Wildman–Crippen MR) is 90.0 cm³/mol. The third-order valence-electron chi connectivity index (χ3n) is 3.71. The van der Waals surface area contributed by atoms with Crippen LogP contribution in [0.15, 0.2) is 48.8 Å². The van der Waals surface area contributed by atoms with Crippen molar-refractivity contribution in [1.29, 1.82) is 0 Å². The lowest BCUT2D eigenvalue weighted by Gasteiger charge is -2.40. The van der Waals surface area contributed by atoms with Gasteiger partial charge in [-0.3, -0.25) is 14.8 Å². The number of ether oxygens (including phenoxy) is 1. The third kappa shape index (κ3) is 3.69. The highest BCUT2D eigenvalue weighted by atomic mass is 35.5. The molecule has 1 aliphatic heterocycles. The zero-order chi connectivity index (χ0) is 16.2. The minimum absolute atomic E-state index is 0.0548. The number of rotatable bonds is 4. The number of hydrogen-bond acceptors (Lipinski definition) is 5. The first-order chi connectivity index (χ1) is 11.1. The van der Waals surface area contributed by atoms with Gasteiger partial charge in [0.2, 0.25) is 0 Å². The van der Waals surface area contributed by atoms with Crippen LogP contribution in [0, 0.1) is 0 Å².